The molecule has 2 N–H and O–H groups in total. The van der Waals surface area contributed by atoms with Crippen LogP contribution in [0.4, 0.5) is 10.1 Å². The highest BCUT2D eigenvalue weighted by atomic mass is 35.5. The summed E-state index contributed by atoms with van der Waals surface area (Å²) >= 11 is 6.38. The van der Waals surface area contributed by atoms with Gasteiger partial charge in [-0.25, -0.2) is 4.39 Å². The Morgan fingerprint density at radius 3 is 2.29 bits per heavy atom. The van der Waals surface area contributed by atoms with Gasteiger partial charge in [0, 0.05) is 22.4 Å². The molecule has 0 amide bonds. The predicted molar refractivity (Wildman–Crippen MR) is 127 cm³/mol. The summed E-state index contributed by atoms with van der Waals surface area (Å²) in [5, 5.41) is 0.303. The van der Waals surface area contributed by atoms with Crippen LogP contribution < -0.4 is 5.73 Å². The lowest BCUT2D eigenvalue weighted by Crippen LogP contribution is -1.95. The molecule has 0 aliphatic rings. The van der Waals surface area contributed by atoms with Crippen molar-refractivity contribution in [2.45, 2.75) is 0 Å². The minimum atomic E-state index is -0.426. The molecule has 0 bridgehead atoms. The zero-order valence-corrected chi connectivity index (χ0v) is 17.3. The number of rotatable bonds is 5. The number of allylic oxidation sites excluding steroid dienone is 1. The number of carbonyl (C=O) groups excluding carboxylic acids is 1. The zero-order valence-electron chi connectivity index (χ0n) is 16.6. The fourth-order valence-electron chi connectivity index (χ4n) is 3.48. The first-order valence-electron chi connectivity index (χ1n) is 9.75. The molecule has 0 saturated heterocycles. The third-order valence-corrected chi connectivity index (χ3v) is 5.33. The molecule has 0 fully saturated rings. The van der Waals surface area contributed by atoms with Crippen molar-refractivity contribution in [2.24, 2.45) is 0 Å². The number of hydrogen-bond acceptors (Lipinski definition) is 2. The highest BCUT2D eigenvalue weighted by Gasteiger charge is 2.16. The van der Waals surface area contributed by atoms with Gasteiger partial charge in [0.05, 0.1) is 5.02 Å². The third kappa shape index (κ3) is 4.42. The van der Waals surface area contributed by atoms with Gasteiger partial charge in [0.2, 0.25) is 0 Å². The van der Waals surface area contributed by atoms with Crippen molar-refractivity contribution in [1.82, 2.24) is 0 Å². The van der Waals surface area contributed by atoms with Gasteiger partial charge in [-0.3, -0.25) is 4.79 Å². The van der Waals surface area contributed by atoms with Gasteiger partial charge in [-0.1, -0.05) is 84.4 Å². The molecule has 0 atom stereocenters. The smallest absolute Gasteiger partial charge is 0.185 e. The third-order valence-electron chi connectivity index (χ3n) is 5.01. The van der Waals surface area contributed by atoms with E-state index in [-0.39, 0.29) is 5.78 Å². The summed E-state index contributed by atoms with van der Waals surface area (Å²) in [6, 6.07) is 26.6. The number of halogens is 2. The summed E-state index contributed by atoms with van der Waals surface area (Å²) in [7, 11) is 0. The average molecular weight is 428 g/mol. The van der Waals surface area contributed by atoms with Crippen molar-refractivity contribution in [2.75, 3.05) is 5.73 Å². The van der Waals surface area contributed by atoms with Crippen LogP contribution in [0.15, 0.2) is 97.1 Å². The fourth-order valence-corrected chi connectivity index (χ4v) is 3.74. The molecule has 4 rings (SSSR count). The first-order chi connectivity index (χ1) is 15.0. The second-order valence-electron chi connectivity index (χ2n) is 7.05. The number of benzene rings is 4. The zero-order chi connectivity index (χ0) is 21.8. The van der Waals surface area contributed by atoms with E-state index in [1.807, 2.05) is 54.6 Å². The number of carbonyl (C=O) groups is 1. The van der Waals surface area contributed by atoms with Crippen LogP contribution in [0.25, 0.3) is 28.3 Å². The topological polar surface area (TPSA) is 43.1 Å². The van der Waals surface area contributed by atoms with E-state index in [2.05, 4.69) is 0 Å². The molecule has 0 heterocycles. The van der Waals surface area contributed by atoms with E-state index in [9.17, 15) is 9.18 Å². The number of para-hydroxylation sites is 1. The molecule has 0 aliphatic carbocycles. The summed E-state index contributed by atoms with van der Waals surface area (Å²) in [5.74, 6) is -0.535. The summed E-state index contributed by atoms with van der Waals surface area (Å²) < 4.78 is 14.8. The van der Waals surface area contributed by atoms with Crippen molar-refractivity contribution < 1.29 is 9.18 Å². The molecular formula is C27H19ClFNO. The summed E-state index contributed by atoms with van der Waals surface area (Å²) in [6.45, 7) is 0. The van der Waals surface area contributed by atoms with Gasteiger partial charge in [-0.15, -0.1) is 0 Å². The lowest BCUT2D eigenvalue weighted by Gasteiger charge is -2.15. The molecule has 0 unspecified atom stereocenters. The second kappa shape index (κ2) is 8.99. The van der Waals surface area contributed by atoms with Gasteiger partial charge >= 0.3 is 0 Å². The van der Waals surface area contributed by atoms with Crippen molar-refractivity contribution >= 4 is 29.1 Å². The van der Waals surface area contributed by atoms with Crippen molar-refractivity contribution in [3.8, 4) is 22.3 Å². The van der Waals surface area contributed by atoms with E-state index in [4.69, 9.17) is 17.3 Å². The molecule has 4 aromatic rings. The normalized spacial score (nSPS) is 11.0. The molecule has 0 saturated carbocycles. The quantitative estimate of drug-likeness (QED) is 0.206. The van der Waals surface area contributed by atoms with Gasteiger partial charge < -0.3 is 5.73 Å². The maximum absolute atomic E-state index is 14.8. The number of hydrogen-bond donors (Lipinski definition) is 1. The molecule has 0 aliphatic heterocycles. The van der Waals surface area contributed by atoms with Crippen molar-refractivity contribution in [3.63, 3.8) is 0 Å². The first kappa shape index (κ1) is 20.6. The molecular weight excluding hydrogens is 409 g/mol. The highest BCUT2D eigenvalue weighted by molar-refractivity contribution is 6.33. The Morgan fingerprint density at radius 1 is 0.806 bits per heavy atom. The number of anilines is 1. The molecule has 31 heavy (non-hydrogen) atoms. The maximum Gasteiger partial charge on any atom is 0.185 e. The standard InChI is InChI=1S/C27H19ClFNO/c28-23-10-6-11-24(29)27(23)22-17-18(14-16-26(31)19-7-2-1-3-8-19)13-15-20(22)21-9-4-5-12-25(21)30/h1-17H,30H2. The van der Waals surface area contributed by atoms with E-state index in [0.717, 1.165) is 16.7 Å². The van der Waals surface area contributed by atoms with E-state index in [1.54, 1.807) is 36.4 Å². The molecule has 0 spiro atoms. The Morgan fingerprint density at radius 2 is 1.55 bits per heavy atom. The lowest BCUT2D eigenvalue weighted by atomic mass is 9.91. The number of ketones is 1. The molecule has 2 nitrogen and oxygen atoms in total. The van der Waals surface area contributed by atoms with Crippen molar-refractivity contribution in [3.05, 3.63) is 119 Å². The van der Waals surface area contributed by atoms with E-state index in [1.165, 1.54) is 12.1 Å². The van der Waals surface area contributed by atoms with E-state index >= 15 is 0 Å². The summed E-state index contributed by atoms with van der Waals surface area (Å²) in [5.41, 5.74) is 10.6. The Labute approximate surface area is 185 Å². The van der Waals surface area contributed by atoms with Crippen LogP contribution in [-0.2, 0) is 0 Å². The number of nitrogen functional groups attached to an aromatic ring is 1. The first-order valence-corrected chi connectivity index (χ1v) is 10.1. The Hall–Kier alpha value is -3.69. The fraction of sp³-hybridized carbons (Fsp3) is 0. The van der Waals surface area contributed by atoms with E-state index in [0.29, 0.717) is 27.4 Å². The van der Waals surface area contributed by atoms with E-state index < -0.39 is 5.82 Å². The van der Waals surface area contributed by atoms with Crippen LogP contribution in [0.3, 0.4) is 0 Å². The molecule has 152 valence electrons. The SMILES string of the molecule is Nc1ccccc1-c1ccc(C=CC(=O)c2ccccc2)cc1-c1c(F)cccc1Cl. The van der Waals surface area contributed by atoms with Gasteiger partial charge in [-0.05, 0) is 47.0 Å². The lowest BCUT2D eigenvalue weighted by molar-refractivity contribution is 0.104. The van der Waals surface area contributed by atoms with Crippen LogP contribution in [0.5, 0.6) is 0 Å². The minimum absolute atomic E-state index is 0.109. The van der Waals surface area contributed by atoms with Crippen LogP contribution in [0, 0.1) is 5.82 Å². The van der Waals surface area contributed by atoms with Crippen LogP contribution in [0.1, 0.15) is 15.9 Å². The summed E-state index contributed by atoms with van der Waals surface area (Å²) in [4.78, 5) is 12.4. The number of nitrogens with two attached hydrogens (primary N) is 1. The van der Waals surface area contributed by atoms with Crippen LogP contribution >= 0.6 is 11.6 Å². The Bertz CT molecular complexity index is 1260. The molecule has 4 heteroatoms. The van der Waals surface area contributed by atoms with Gasteiger partial charge in [-0.2, -0.15) is 0 Å². The van der Waals surface area contributed by atoms with Gasteiger partial charge in [0.25, 0.3) is 0 Å². The van der Waals surface area contributed by atoms with Gasteiger partial charge in [0.1, 0.15) is 5.82 Å². The monoisotopic (exact) mass is 427 g/mol. The van der Waals surface area contributed by atoms with Gasteiger partial charge in [0.15, 0.2) is 5.78 Å². The second-order valence-corrected chi connectivity index (χ2v) is 7.46. The van der Waals surface area contributed by atoms with Crippen molar-refractivity contribution in [1.29, 1.82) is 0 Å². The minimum Gasteiger partial charge on any atom is -0.398 e. The highest BCUT2D eigenvalue weighted by Crippen LogP contribution is 2.40. The molecule has 0 radical (unpaired) electrons. The maximum atomic E-state index is 14.8. The summed E-state index contributed by atoms with van der Waals surface area (Å²) in [6.07, 6.45) is 3.22. The van der Waals surface area contributed by atoms with Crippen LogP contribution in [0.2, 0.25) is 5.02 Å². The molecule has 4 aromatic carbocycles. The predicted octanol–water partition coefficient (Wildman–Crippen LogP) is 7.29. The Balaban J connectivity index is 1.83. The molecule has 0 aromatic heterocycles. The Kier molecular flexibility index (Phi) is 5.96. The largest absolute Gasteiger partial charge is 0.398 e. The average Bonchev–Trinajstić information content (AvgIpc) is 2.79. The van der Waals surface area contributed by atoms with Crippen LogP contribution in [-0.4, -0.2) is 5.78 Å².